The van der Waals surface area contributed by atoms with Crippen molar-refractivity contribution in [2.24, 2.45) is 5.92 Å². The fourth-order valence-electron chi connectivity index (χ4n) is 3.87. The number of halogens is 2. The maximum Gasteiger partial charge on any atom is 0.255 e. The Morgan fingerprint density at radius 2 is 2.07 bits per heavy atom. The lowest BCUT2D eigenvalue weighted by Gasteiger charge is -2.37. The number of fused-ring (bicyclic) bond motifs is 1. The van der Waals surface area contributed by atoms with Crippen molar-refractivity contribution in [3.8, 4) is 11.5 Å². The Morgan fingerprint density at radius 3 is 2.79 bits per heavy atom. The van der Waals surface area contributed by atoms with E-state index in [9.17, 15) is 4.79 Å². The number of ether oxygens (including phenoxy) is 3. The van der Waals surface area contributed by atoms with Crippen molar-refractivity contribution < 1.29 is 19.0 Å². The fourth-order valence-corrected chi connectivity index (χ4v) is 4.26. The molecule has 0 aromatic heterocycles. The highest BCUT2D eigenvalue weighted by Crippen LogP contribution is 2.44. The van der Waals surface area contributed by atoms with Gasteiger partial charge in [0.2, 0.25) is 0 Å². The largest absolute Gasteiger partial charge is 0.489 e. The fraction of sp³-hybridized carbons (Fsp3) is 0.667. The second-order valence-corrected chi connectivity index (χ2v) is 8.40. The Morgan fingerprint density at radius 1 is 1.31 bits per heavy atom. The summed E-state index contributed by atoms with van der Waals surface area (Å²) in [6, 6.07) is 1.55. The third-order valence-corrected chi connectivity index (χ3v) is 6.36. The summed E-state index contributed by atoms with van der Waals surface area (Å²) in [5.41, 5.74) is 0.352. The van der Waals surface area contributed by atoms with E-state index in [0.29, 0.717) is 36.8 Å². The van der Waals surface area contributed by atoms with Gasteiger partial charge >= 0.3 is 0 Å². The Kier molecular flexibility index (Phi) is 8.30. The first-order valence-corrected chi connectivity index (χ1v) is 11.1. The summed E-state index contributed by atoms with van der Waals surface area (Å²) in [4.78, 5) is 15.4. The van der Waals surface area contributed by atoms with Crippen molar-refractivity contribution in [1.82, 2.24) is 10.2 Å². The Labute approximate surface area is 182 Å². The van der Waals surface area contributed by atoms with E-state index in [-0.39, 0.29) is 28.0 Å². The van der Waals surface area contributed by atoms with Crippen LogP contribution < -0.4 is 14.8 Å². The Hall–Kier alpha value is -1.21. The van der Waals surface area contributed by atoms with Gasteiger partial charge in [-0.25, -0.2) is 0 Å². The third-order valence-electron chi connectivity index (χ3n) is 5.59. The van der Waals surface area contributed by atoms with E-state index >= 15 is 0 Å². The van der Waals surface area contributed by atoms with E-state index in [0.717, 1.165) is 32.5 Å². The first kappa shape index (κ1) is 22.5. The lowest BCUT2D eigenvalue weighted by atomic mass is 9.93. The van der Waals surface area contributed by atoms with Gasteiger partial charge in [0.1, 0.15) is 5.02 Å². The number of carbonyl (C=O) groups excluding carboxylic acids is 1. The molecule has 1 amide bonds. The number of nitrogens with one attached hydrogen (secondary N) is 1. The predicted molar refractivity (Wildman–Crippen MR) is 115 cm³/mol. The van der Waals surface area contributed by atoms with Crippen molar-refractivity contribution in [2.45, 2.75) is 38.7 Å². The van der Waals surface area contributed by atoms with Crippen molar-refractivity contribution >= 4 is 29.1 Å². The van der Waals surface area contributed by atoms with Crippen LogP contribution in [0, 0.1) is 5.92 Å². The minimum absolute atomic E-state index is 0.103. The second-order valence-electron chi connectivity index (χ2n) is 7.62. The molecular weight excluding hydrogens is 415 g/mol. The maximum atomic E-state index is 12.9. The molecule has 8 heteroatoms. The molecule has 1 N–H and O–H groups in total. The molecule has 1 aromatic carbocycles. The average molecular weight is 445 g/mol. The number of carbonyl (C=O) groups is 1. The van der Waals surface area contributed by atoms with Crippen LogP contribution in [0.15, 0.2) is 6.07 Å². The third kappa shape index (κ3) is 5.48. The monoisotopic (exact) mass is 444 g/mol. The number of benzene rings is 1. The van der Waals surface area contributed by atoms with E-state index in [1.807, 2.05) is 0 Å². The van der Waals surface area contributed by atoms with Gasteiger partial charge in [0.15, 0.2) is 11.5 Å². The Balaban J connectivity index is 1.66. The van der Waals surface area contributed by atoms with Crippen LogP contribution in [0.25, 0.3) is 0 Å². The molecule has 3 rings (SSSR count). The zero-order valence-corrected chi connectivity index (χ0v) is 18.7. The number of hydrogen-bond acceptors (Lipinski definition) is 5. The van der Waals surface area contributed by atoms with Gasteiger partial charge in [-0.15, -0.1) is 0 Å². The molecule has 0 spiro atoms. The van der Waals surface area contributed by atoms with Crippen molar-refractivity contribution in [1.29, 1.82) is 0 Å². The standard InChI is InChI=1S/C21H30Cl2N2O4/c1-3-4-7-25-8-6-14(17(13-25)27-2)12-24-21(26)15-11-16(22)18(23)20-19(15)28-9-5-10-29-20/h11,14,17H,3-10,12-13H2,1-2H3,(H,24,26)/t14-,17+/m0/s1. The maximum absolute atomic E-state index is 12.9. The van der Waals surface area contributed by atoms with Gasteiger partial charge in [-0.3, -0.25) is 4.79 Å². The lowest BCUT2D eigenvalue weighted by molar-refractivity contribution is -0.0106. The van der Waals surface area contributed by atoms with Crippen molar-refractivity contribution in [3.63, 3.8) is 0 Å². The summed E-state index contributed by atoms with van der Waals surface area (Å²) in [5.74, 6) is 0.738. The van der Waals surface area contributed by atoms with Crippen LogP contribution in [-0.4, -0.2) is 63.4 Å². The topological polar surface area (TPSA) is 60.0 Å². The minimum Gasteiger partial charge on any atom is -0.489 e. The summed E-state index contributed by atoms with van der Waals surface area (Å²) in [5, 5.41) is 3.59. The van der Waals surface area contributed by atoms with Gasteiger partial charge in [0.05, 0.1) is 29.9 Å². The quantitative estimate of drug-likeness (QED) is 0.687. The molecule has 0 radical (unpaired) electrons. The molecular formula is C21H30Cl2N2O4. The number of nitrogens with zero attached hydrogens (tertiary/aromatic N) is 1. The van der Waals surface area contributed by atoms with Crippen LogP contribution in [0.1, 0.15) is 43.0 Å². The van der Waals surface area contributed by atoms with Crippen molar-refractivity contribution in [2.75, 3.05) is 46.5 Å². The second kappa shape index (κ2) is 10.7. The normalized spacial score (nSPS) is 22.2. The van der Waals surface area contributed by atoms with Gasteiger partial charge in [0, 0.05) is 32.5 Å². The highest BCUT2D eigenvalue weighted by atomic mass is 35.5. The summed E-state index contributed by atoms with van der Waals surface area (Å²) < 4.78 is 17.2. The molecule has 2 heterocycles. The van der Waals surface area contributed by atoms with Crippen LogP contribution in [0.5, 0.6) is 11.5 Å². The molecule has 2 aliphatic rings. The number of hydrogen-bond donors (Lipinski definition) is 1. The average Bonchev–Trinajstić information content (AvgIpc) is 2.99. The van der Waals surface area contributed by atoms with Crippen LogP contribution in [-0.2, 0) is 4.74 Å². The predicted octanol–water partition coefficient (Wildman–Crippen LogP) is 4.02. The molecule has 0 saturated carbocycles. The highest BCUT2D eigenvalue weighted by molar-refractivity contribution is 6.43. The summed E-state index contributed by atoms with van der Waals surface area (Å²) in [6.07, 6.45) is 4.19. The summed E-state index contributed by atoms with van der Waals surface area (Å²) >= 11 is 12.5. The number of piperidine rings is 1. The molecule has 162 valence electrons. The lowest BCUT2D eigenvalue weighted by Crippen LogP contribution is -2.48. The van der Waals surface area contributed by atoms with E-state index in [1.165, 1.54) is 12.8 Å². The van der Waals surface area contributed by atoms with Crippen LogP contribution >= 0.6 is 23.2 Å². The number of likely N-dealkylation sites (tertiary alicyclic amines) is 1. The number of unbranched alkanes of at least 4 members (excludes halogenated alkanes) is 1. The number of methoxy groups -OCH3 is 1. The van der Waals surface area contributed by atoms with E-state index in [2.05, 4.69) is 17.1 Å². The molecule has 0 bridgehead atoms. The molecule has 1 saturated heterocycles. The van der Waals surface area contributed by atoms with E-state index in [4.69, 9.17) is 37.4 Å². The molecule has 0 aliphatic carbocycles. The molecule has 0 unspecified atom stereocenters. The first-order chi connectivity index (χ1) is 14.0. The molecule has 2 aliphatic heterocycles. The van der Waals surface area contributed by atoms with Gasteiger partial charge in [-0.05, 0) is 32.0 Å². The van der Waals surface area contributed by atoms with E-state index in [1.54, 1.807) is 13.2 Å². The summed E-state index contributed by atoms with van der Waals surface area (Å²) in [7, 11) is 1.74. The van der Waals surface area contributed by atoms with E-state index < -0.39 is 0 Å². The number of rotatable bonds is 7. The highest BCUT2D eigenvalue weighted by Gasteiger charge is 2.30. The zero-order valence-electron chi connectivity index (χ0n) is 17.1. The minimum atomic E-state index is -0.242. The Bertz CT molecular complexity index is 716. The molecule has 29 heavy (non-hydrogen) atoms. The zero-order chi connectivity index (χ0) is 20.8. The van der Waals surface area contributed by atoms with Crippen LogP contribution in [0.3, 0.4) is 0 Å². The SMILES string of the molecule is CCCCN1CC[C@@H](CNC(=O)c2cc(Cl)c(Cl)c3c2OCCCO3)[C@H](OC)C1. The van der Waals surface area contributed by atoms with Crippen LogP contribution in [0.4, 0.5) is 0 Å². The summed E-state index contributed by atoms with van der Waals surface area (Å²) in [6.45, 7) is 6.70. The molecule has 2 atom stereocenters. The van der Waals surface area contributed by atoms with Gasteiger partial charge in [-0.2, -0.15) is 0 Å². The number of amides is 1. The van der Waals surface area contributed by atoms with Crippen LogP contribution in [0.2, 0.25) is 10.0 Å². The van der Waals surface area contributed by atoms with Gasteiger partial charge < -0.3 is 24.4 Å². The molecule has 1 fully saturated rings. The first-order valence-electron chi connectivity index (χ1n) is 10.4. The smallest absolute Gasteiger partial charge is 0.255 e. The molecule has 6 nitrogen and oxygen atoms in total. The van der Waals surface area contributed by atoms with Gasteiger partial charge in [-0.1, -0.05) is 36.5 Å². The molecule has 1 aromatic rings. The van der Waals surface area contributed by atoms with Gasteiger partial charge in [0.25, 0.3) is 5.91 Å². The van der Waals surface area contributed by atoms with Crippen molar-refractivity contribution in [3.05, 3.63) is 21.7 Å².